The Morgan fingerprint density at radius 3 is 1.07 bits per heavy atom. The Bertz CT molecular complexity index is 744. The van der Waals surface area contributed by atoms with E-state index in [9.17, 15) is 0 Å². The van der Waals surface area contributed by atoms with Gasteiger partial charge >= 0.3 is 25.7 Å². The molecule has 0 aromatic rings. The van der Waals surface area contributed by atoms with E-state index in [2.05, 4.69) is 125 Å². The molecule has 10 heteroatoms. The van der Waals surface area contributed by atoms with Crippen LogP contribution in [0.3, 0.4) is 0 Å². The summed E-state index contributed by atoms with van der Waals surface area (Å²) in [4.78, 5) is 0. The molecule has 0 fully saturated rings. The first-order valence-corrected chi connectivity index (χ1v) is 22.8. The van der Waals surface area contributed by atoms with Crippen molar-refractivity contribution in [3.05, 3.63) is 0 Å². The molecular weight excluding hydrogens is 581 g/mol. The van der Waals surface area contributed by atoms with Crippen molar-refractivity contribution in [1.82, 2.24) is 0 Å². The summed E-state index contributed by atoms with van der Waals surface area (Å²) < 4.78 is 47.9. The van der Waals surface area contributed by atoms with E-state index in [-0.39, 0.29) is 39.5 Å². The zero-order valence-corrected chi connectivity index (χ0v) is 34.1. The van der Waals surface area contributed by atoms with Crippen molar-refractivity contribution in [2.75, 3.05) is 26.4 Å². The van der Waals surface area contributed by atoms with Gasteiger partial charge in [0.25, 0.3) is 0 Å². The highest BCUT2D eigenvalue weighted by molar-refractivity contribution is 6.88. The third kappa shape index (κ3) is 15.6. The first-order chi connectivity index (χ1) is 18.8. The molecule has 0 saturated carbocycles. The summed E-state index contributed by atoms with van der Waals surface area (Å²) in [7, 11) is -8.70. The topological polar surface area (TPSA) is 64.6 Å². The van der Waals surface area contributed by atoms with Crippen LogP contribution >= 0.6 is 0 Å². The molecule has 7 nitrogen and oxygen atoms in total. The van der Waals surface area contributed by atoms with E-state index in [1.807, 2.05) is 0 Å². The first kappa shape index (κ1) is 42.4. The molecule has 0 saturated heterocycles. The Morgan fingerprint density at radius 2 is 0.786 bits per heavy atom. The molecule has 0 aliphatic heterocycles. The van der Waals surface area contributed by atoms with Crippen molar-refractivity contribution < 1.29 is 31.3 Å². The molecule has 0 heterocycles. The second-order valence-electron chi connectivity index (χ2n) is 15.8. The highest BCUT2D eigenvalue weighted by atomic mass is 28.5. The average Bonchev–Trinajstić information content (AvgIpc) is 2.75. The maximum absolute atomic E-state index is 7.68. The fourth-order valence-electron chi connectivity index (χ4n) is 4.78. The molecule has 254 valence electrons. The van der Waals surface area contributed by atoms with Gasteiger partial charge < -0.3 is 31.3 Å². The molecule has 3 unspecified atom stereocenters. The maximum Gasteiger partial charge on any atom is 0.334 e. The fourth-order valence-corrected chi connectivity index (χ4v) is 20.9. The van der Waals surface area contributed by atoms with E-state index in [1.54, 1.807) is 0 Å². The van der Waals surface area contributed by atoms with Gasteiger partial charge in [-0.1, -0.05) is 41.5 Å². The number of rotatable bonds is 20. The van der Waals surface area contributed by atoms with Gasteiger partial charge in [-0.15, -0.1) is 0 Å². The second kappa shape index (κ2) is 17.3. The SMILES string of the molecule is CCO[Si](CCOC(C)(C)C)(O[Si](CCOC(C)(C)C)(O[Si](CCOC(C)(C)C)(OC(C)C)C(C)C)C(C)C)C(C)C. The minimum absolute atomic E-state index is 0.0255. The Morgan fingerprint density at radius 1 is 0.476 bits per heavy atom. The van der Waals surface area contributed by atoms with Crippen LogP contribution in [0, 0.1) is 0 Å². The molecule has 0 rings (SSSR count). The Kier molecular flexibility index (Phi) is 17.5. The number of hydrogen-bond donors (Lipinski definition) is 0. The standard InChI is InChI=1S/C32H72O7Si3/c1-19-36-40(27(4)5,23-20-33-30(10,11)12)38-42(29(8)9,25-22-35-32(16,17)18)39-41(28(6)7,37-26(2)3)24-21-34-31(13,14)15/h26-29H,19-25H2,1-18H3. The van der Waals surface area contributed by atoms with Gasteiger partial charge in [0.2, 0.25) is 0 Å². The quantitative estimate of drug-likeness (QED) is 0.121. The molecule has 0 N–H and O–H groups in total. The minimum atomic E-state index is -3.03. The summed E-state index contributed by atoms with van der Waals surface area (Å²) in [6.07, 6.45) is 0.0255. The fraction of sp³-hybridized carbons (Fsp3) is 1.00. The lowest BCUT2D eigenvalue weighted by Crippen LogP contribution is -2.65. The van der Waals surface area contributed by atoms with Crippen LogP contribution in [-0.2, 0) is 31.3 Å². The van der Waals surface area contributed by atoms with Crippen molar-refractivity contribution in [2.24, 2.45) is 0 Å². The van der Waals surface area contributed by atoms with Gasteiger partial charge in [0, 0.05) is 50.7 Å². The molecule has 0 aromatic heterocycles. The zero-order valence-electron chi connectivity index (χ0n) is 31.1. The normalized spacial score (nSPS) is 18.1. The van der Waals surface area contributed by atoms with E-state index in [0.29, 0.717) is 32.5 Å². The molecular formula is C32H72O7Si3. The monoisotopic (exact) mass is 652 g/mol. The summed E-state index contributed by atoms with van der Waals surface area (Å²) >= 11 is 0. The van der Waals surface area contributed by atoms with Gasteiger partial charge in [-0.2, -0.15) is 0 Å². The molecule has 0 amide bonds. The minimum Gasteiger partial charge on any atom is -0.414 e. The molecule has 0 aromatic carbocycles. The van der Waals surface area contributed by atoms with Crippen molar-refractivity contribution in [2.45, 2.75) is 182 Å². The van der Waals surface area contributed by atoms with E-state index in [1.165, 1.54) is 0 Å². The summed E-state index contributed by atoms with van der Waals surface area (Å²) in [5.74, 6) is 0. The van der Waals surface area contributed by atoms with Crippen LogP contribution in [0.25, 0.3) is 0 Å². The van der Waals surface area contributed by atoms with Crippen molar-refractivity contribution in [1.29, 1.82) is 0 Å². The lowest BCUT2D eigenvalue weighted by Gasteiger charge is -2.50. The Hall–Kier alpha value is 0.371. The van der Waals surface area contributed by atoms with Gasteiger partial charge in [-0.25, -0.2) is 0 Å². The zero-order chi connectivity index (χ0) is 33.2. The van der Waals surface area contributed by atoms with Gasteiger partial charge in [0.15, 0.2) is 0 Å². The predicted molar refractivity (Wildman–Crippen MR) is 184 cm³/mol. The van der Waals surface area contributed by atoms with E-state index >= 15 is 0 Å². The lowest BCUT2D eigenvalue weighted by molar-refractivity contribution is -0.00116. The average molecular weight is 653 g/mol. The van der Waals surface area contributed by atoms with Gasteiger partial charge in [-0.05, 0) is 99.7 Å². The van der Waals surface area contributed by atoms with E-state index in [0.717, 1.165) is 12.1 Å². The number of hydrogen-bond acceptors (Lipinski definition) is 7. The van der Waals surface area contributed by atoms with E-state index in [4.69, 9.17) is 31.3 Å². The molecule has 0 aliphatic rings. The molecule has 42 heavy (non-hydrogen) atoms. The molecule has 3 atom stereocenters. The van der Waals surface area contributed by atoms with Crippen molar-refractivity contribution >= 4 is 25.7 Å². The molecule has 0 aliphatic carbocycles. The van der Waals surface area contributed by atoms with Gasteiger partial charge in [0.05, 0.1) is 16.8 Å². The summed E-state index contributed by atoms with van der Waals surface area (Å²) in [6.45, 7) is 40.9. The Balaban J connectivity index is 7.02. The summed E-state index contributed by atoms with van der Waals surface area (Å²) in [5.41, 5.74) is -0.158. The largest absolute Gasteiger partial charge is 0.414 e. The van der Waals surface area contributed by atoms with Crippen LogP contribution < -0.4 is 0 Å². The third-order valence-electron chi connectivity index (χ3n) is 7.11. The van der Waals surface area contributed by atoms with Crippen LogP contribution in [-0.4, -0.2) is 75.0 Å². The molecule has 0 spiro atoms. The smallest absolute Gasteiger partial charge is 0.334 e. The van der Waals surface area contributed by atoms with Crippen molar-refractivity contribution in [3.8, 4) is 0 Å². The second-order valence-corrected chi connectivity index (χ2v) is 27.8. The summed E-state index contributed by atoms with van der Waals surface area (Å²) in [5, 5.41) is 0. The lowest BCUT2D eigenvalue weighted by atomic mass is 10.2. The van der Waals surface area contributed by atoms with Crippen LogP contribution in [0.15, 0.2) is 0 Å². The van der Waals surface area contributed by atoms with Crippen LogP contribution in [0.5, 0.6) is 0 Å². The third-order valence-corrected chi connectivity index (χ3v) is 22.3. The molecule has 0 radical (unpaired) electrons. The van der Waals surface area contributed by atoms with E-state index < -0.39 is 25.7 Å². The van der Waals surface area contributed by atoms with Gasteiger partial charge in [-0.3, -0.25) is 0 Å². The Labute approximate surface area is 265 Å². The van der Waals surface area contributed by atoms with Gasteiger partial charge in [0.1, 0.15) is 0 Å². The highest BCUT2D eigenvalue weighted by Gasteiger charge is 2.58. The van der Waals surface area contributed by atoms with Crippen LogP contribution in [0.1, 0.15) is 125 Å². The summed E-state index contributed by atoms with van der Waals surface area (Å²) in [6, 6.07) is 2.19. The highest BCUT2D eigenvalue weighted by Crippen LogP contribution is 2.43. The molecule has 0 bridgehead atoms. The van der Waals surface area contributed by atoms with Crippen molar-refractivity contribution in [3.63, 3.8) is 0 Å². The van der Waals surface area contributed by atoms with Crippen LogP contribution in [0.4, 0.5) is 0 Å². The van der Waals surface area contributed by atoms with Crippen LogP contribution in [0.2, 0.25) is 34.8 Å². The predicted octanol–water partition coefficient (Wildman–Crippen LogP) is 9.48. The first-order valence-electron chi connectivity index (χ1n) is 16.5. The maximum atomic E-state index is 7.68. The number of ether oxygens (including phenoxy) is 3.